The van der Waals surface area contributed by atoms with Crippen LogP contribution < -0.4 is 0 Å². The molecule has 0 aromatic heterocycles. The lowest BCUT2D eigenvalue weighted by molar-refractivity contribution is 0.128. The molecule has 5 atom stereocenters. The lowest BCUT2D eigenvalue weighted by Crippen LogP contribution is -2.15. The van der Waals surface area contributed by atoms with Gasteiger partial charge in [-0.2, -0.15) is 0 Å². The maximum atomic E-state index is 9.74. The molecule has 3 aliphatic carbocycles. The van der Waals surface area contributed by atoms with Gasteiger partial charge < -0.3 is 5.11 Å². The molecule has 3 aliphatic rings. The van der Waals surface area contributed by atoms with Crippen molar-refractivity contribution in [2.75, 3.05) is 0 Å². The van der Waals surface area contributed by atoms with Gasteiger partial charge in [0, 0.05) is 11.8 Å². The van der Waals surface area contributed by atoms with E-state index in [1.54, 1.807) is 0 Å². The molecule has 1 fully saturated rings. The van der Waals surface area contributed by atoms with Crippen LogP contribution in [0.1, 0.15) is 6.42 Å². The summed E-state index contributed by atoms with van der Waals surface area (Å²) >= 11 is 0. The van der Waals surface area contributed by atoms with Crippen LogP contribution in [0.15, 0.2) is 24.3 Å². The maximum Gasteiger partial charge on any atom is 0.0674 e. The Kier molecular flexibility index (Phi) is 0.972. The van der Waals surface area contributed by atoms with E-state index < -0.39 is 0 Å². The van der Waals surface area contributed by atoms with Crippen molar-refractivity contribution in [3.63, 3.8) is 0 Å². The third kappa shape index (κ3) is 0.564. The number of fused-ring (bicyclic) bond motifs is 5. The molecule has 1 saturated carbocycles. The Hall–Kier alpha value is -0.560. The van der Waals surface area contributed by atoms with Crippen molar-refractivity contribution >= 4 is 0 Å². The third-order valence-electron chi connectivity index (χ3n) is 3.54. The van der Waals surface area contributed by atoms with E-state index >= 15 is 0 Å². The molecule has 0 aromatic carbocycles. The smallest absolute Gasteiger partial charge is 0.0674 e. The summed E-state index contributed by atoms with van der Waals surface area (Å²) in [6, 6.07) is 0. The first-order valence-corrected chi connectivity index (χ1v) is 4.41. The summed E-state index contributed by atoms with van der Waals surface area (Å²) in [5.74, 6) is 2.32. The highest BCUT2D eigenvalue weighted by atomic mass is 16.3. The molecule has 0 aliphatic heterocycles. The van der Waals surface area contributed by atoms with Crippen LogP contribution in [-0.2, 0) is 0 Å². The van der Waals surface area contributed by atoms with Crippen molar-refractivity contribution in [1.29, 1.82) is 0 Å². The largest absolute Gasteiger partial charge is 0.392 e. The van der Waals surface area contributed by atoms with Gasteiger partial charge in [-0.3, -0.25) is 0 Å². The van der Waals surface area contributed by atoms with Gasteiger partial charge in [-0.05, 0) is 18.3 Å². The molecule has 11 heavy (non-hydrogen) atoms. The Bertz CT molecular complexity index is 241. The van der Waals surface area contributed by atoms with Crippen LogP contribution in [0.25, 0.3) is 0 Å². The van der Waals surface area contributed by atoms with E-state index in [4.69, 9.17) is 0 Å². The summed E-state index contributed by atoms with van der Waals surface area (Å²) in [7, 11) is 0. The van der Waals surface area contributed by atoms with Crippen molar-refractivity contribution in [3.05, 3.63) is 24.3 Å². The highest BCUT2D eigenvalue weighted by Crippen LogP contribution is 2.52. The molecule has 3 rings (SSSR count). The molecule has 1 nitrogen and oxygen atoms in total. The monoisotopic (exact) mass is 148 g/mol. The highest BCUT2D eigenvalue weighted by molar-refractivity contribution is 5.25. The normalized spacial score (nSPS) is 57.4. The van der Waals surface area contributed by atoms with E-state index in [0.29, 0.717) is 17.8 Å². The minimum Gasteiger partial charge on any atom is -0.392 e. The summed E-state index contributed by atoms with van der Waals surface area (Å²) in [4.78, 5) is 0. The molecule has 0 spiro atoms. The zero-order valence-corrected chi connectivity index (χ0v) is 6.35. The lowest BCUT2D eigenvalue weighted by atomic mass is 9.86. The number of allylic oxidation sites excluding steroid dienone is 2. The summed E-state index contributed by atoms with van der Waals surface area (Å²) < 4.78 is 0. The van der Waals surface area contributed by atoms with Gasteiger partial charge in [0.1, 0.15) is 0 Å². The zero-order chi connectivity index (χ0) is 7.42. The summed E-state index contributed by atoms with van der Waals surface area (Å²) in [5.41, 5.74) is 0. The zero-order valence-electron chi connectivity index (χ0n) is 6.35. The Morgan fingerprint density at radius 3 is 2.64 bits per heavy atom. The molecular weight excluding hydrogens is 136 g/mol. The average molecular weight is 148 g/mol. The van der Waals surface area contributed by atoms with Crippen molar-refractivity contribution in [1.82, 2.24) is 0 Å². The van der Waals surface area contributed by atoms with E-state index in [-0.39, 0.29) is 6.10 Å². The predicted octanol–water partition coefficient (Wildman–Crippen LogP) is 1.36. The van der Waals surface area contributed by atoms with E-state index in [1.807, 2.05) is 0 Å². The number of hydrogen-bond donors (Lipinski definition) is 1. The van der Waals surface area contributed by atoms with Gasteiger partial charge in [-0.25, -0.2) is 0 Å². The first kappa shape index (κ1) is 6.01. The van der Waals surface area contributed by atoms with Crippen LogP contribution in [0, 0.1) is 23.7 Å². The second-order valence-corrected chi connectivity index (χ2v) is 3.94. The Balaban J connectivity index is 2.04. The Morgan fingerprint density at radius 2 is 1.82 bits per heavy atom. The molecular formula is C10H12O. The van der Waals surface area contributed by atoms with Crippen LogP contribution in [0.5, 0.6) is 0 Å². The Labute approximate surface area is 66.4 Å². The van der Waals surface area contributed by atoms with E-state index in [9.17, 15) is 5.11 Å². The minimum atomic E-state index is -0.0602. The fourth-order valence-electron chi connectivity index (χ4n) is 3.01. The molecule has 0 aromatic rings. The van der Waals surface area contributed by atoms with Gasteiger partial charge >= 0.3 is 0 Å². The van der Waals surface area contributed by atoms with Crippen molar-refractivity contribution in [3.8, 4) is 0 Å². The van der Waals surface area contributed by atoms with Crippen LogP contribution in [0.4, 0.5) is 0 Å². The number of aliphatic hydroxyl groups excluding tert-OH is 1. The van der Waals surface area contributed by atoms with Crippen molar-refractivity contribution in [2.45, 2.75) is 12.5 Å². The van der Waals surface area contributed by atoms with Crippen LogP contribution >= 0.6 is 0 Å². The van der Waals surface area contributed by atoms with Crippen LogP contribution in [0.2, 0.25) is 0 Å². The second-order valence-electron chi connectivity index (χ2n) is 3.94. The summed E-state index contributed by atoms with van der Waals surface area (Å²) in [6.07, 6.45) is 10.1. The number of aliphatic hydroxyl groups is 1. The predicted molar refractivity (Wildman–Crippen MR) is 42.9 cm³/mol. The molecule has 1 N–H and O–H groups in total. The number of hydrogen-bond acceptors (Lipinski definition) is 1. The molecule has 0 saturated heterocycles. The highest BCUT2D eigenvalue weighted by Gasteiger charge is 2.50. The molecule has 58 valence electrons. The molecule has 1 heteroatoms. The third-order valence-corrected chi connectivity index (χ3v) is 3.54. The fraction of sp³-hybridized carbons (Fsp3) is 0.600. The minimum absolute atomic E-state index is 0.0602. The Morgan fingerprint density at radius 1 is 1.00 bits per heavy atom. The van der Waals surface area contributed by atoms with E-state index in [0.717, 1.165) is 5.92 Å². The van der Waals surface area contributed by atoms with Crippen molar-refractivity contribution < 1.29 is 5.11 Å². The van der Waals surface area contributed by atoms with Crippen LogP contribution in [0.3, 0.4) is 0 Å². The van der Waals surface area contributed by atoms with Gasteiger partial charge in [0.2, 0.25) is 0 Å². The summed E-state index contributed by atoms with van der Waals surface area (Å²) in [5, 5.41) is 9.74. The average Bonchev–Trinajstić information content (AvgIpc) is 2.61. The van der Waals surface area contributed by atoms with Gasteiger partial charge in [-0.15, -0.1) is 0 Å². The second kappa shape index (κ2) is 1.78. The van der Waals surface area contributed by atoms with Gasteiger partial charge in [0.05, 0.1) is 6.10 Å². The topological polar surface area (TPSA) is 20.2 Å². The van der Waals surface area contributed by atoms with E-state index in [1.165, 1.54) is 6.42 Å². The molecule has 0 amide bonds. The van der Waals surface area contributed by atoms with Gasteiger partial charge in [0.25, 0.3) is 0 Å². The number of rotatable bonds is 0. The fourth-order valence-corrected chi connectivity index (χ4v) is 3.01. The molecule has 0 unspecified atom stereocenters. The van der Waals surface area contributed by atoms with Crippen LogP contribution in [-0.4, -0.2) is 11.2 Å². The molecule has 0 radical (unpaired) electrons. The van der Waals surface area contributed by atoms with Gasteiger partial charge in [-0.1, -0.05) is 24.3 Å². The lowest BCUT2D eigenvalue weighted by Gasteiger charge is -2.18. The van der Waals surface area contributed by atoms with Crippen molar-refractivity contribution in [2.24, 2.45) is 23.7 Å². The van der Waals surface area contributed by atoms with E-state index in [2.05, 4.69) is 24.3 Å². The standard InChI is InChI=1S/C10H12O/c11-10-8-4-5-9(10)7-3-1-2-6(7)8/h1-2,4-11H,3H2/t6-,7-,8-,9-,10+/m0/s1. The quantitative estimate of drug-likeness (QED) is 0.514. The first-order chi connectivity index (χ1) is 5.38. The van der Waals surface area contributed by atoms with Gasteiger partial charge in [0.15, 0.2) is 0 Å². The first-order valence-electron chi connectivity index (χ1n) is 4.41. The molecule has 0 heterocycles. The maximum absolute atomic E-state index is 9.74. The summed E-state index contributed by atoms with van der Waals surface area (Å²) in [6.45, 7) is 0. The molecule has 2 bridgehead atoms. The SMILES string of the molecule is O[C@@H]1[C@H]2C=C[C@H]1[C@H]1CC=C[C@H]21.